The largest absolute Gasteiger partial charge is 0.348 e. The van der Waals surface area contributed by atoms with Crippen LogP contribution in [0, 0.1) is 0 Å². The second kappa shape index (κ2) is 7.09. The molecular weight excluding hydrogens is 382 g/mol. The van der Waals surface area contributed by atoms with Gasteiger partial charge in [-0.15, -0.1) is 0 Å². The SMILES string of the molecule is CCC(=O)N1CCc2[nH]cnc2C12CCN(C(=O)c1cc(Cl)c[nH]c1=O)CC2. The van der Waals surface area contributed by atoms with Gasteiger partial charge in [0, 0.05) is 44.4 Å². The van der Waals surface area contributed by atoms with E-state index in [1.165, 1.54) is 12.3 Å². The lowest BCUT2D eigenvalue weighted by Crippen LogP contribution is -2.59. The van der Waals surface area contributed by atoms with E-state index in [0.29, 0.717) is 43.9 Å². The van der Waals surface area contributed by atoms with Gasteiger partial charge in [0.2, 0.25) is 5.91 Å². The molecule has 2 aromatic heterocycles. The maximum atomic E-state index is 12.9. The highest BCUT2D eigenvalue weighted by Gasteiger charge is 2.48. The number of carbonyl (C=O) groups excluding carboxylic acids is 2. The quantitative estimate of drug-likeness (QED) is 0.796. The van der Waals surface area contributed by atoms with E-state index in [1.807, 2.05) is 11.8 Å². The molecule has 9 heteroatoms. The zero-order valence-electron chi connectivity index (χ0n) is 15.6. The summed E-state index contributed by atoms with van der Waals surface area (Å²) in [6.45, 7) is 3.37. The number of nitrogens with one attached hydrogen (secondary N) is 2. The number of fused-ring (bicyclic) bond motifs is 2. The molecule has 4 rings (SSSR count). The number of piperidine rings is 1. The minimum absolute atomic E-state index is 0.0362. The Labute approximate surface area is 166 Å². The van der Waals surface area contributed by atoms with Crippen molar-refractivity contribution in [3.63, 3.8) is 0 Å². The predicted octanol–water partition coefficient (Wildman–Crippen LogP) is 1.68. The third kappa shape index (κ3) is 2.92. The summed E-state index contributed by atoms with van der Waals surface area (Å²) in [5.74, 6) is -0.246. The number of halogens is 1. The second-order valence-electron chi connectivity index (χ2n) is 7.26. The van der Waals surface area contributed by atoms with Gasteiger partial charge < -0.3 is 19.8 Å². The highest BCUT2D eigenvalue weighted by molar-refractivity contribution is 6.30. The van der Waals surface area contributed by atoms with Crippen molar-refractivity contribution < 1.29 is 9.59 Å². The number of rotatable bonds is 2. The molecule has 2 aliphatic rings. The first-order valence-electron chi connectivity index (χ1n) is 9.47. The minimum Gasteiger partial charge on any atom is -0.348 e. The van der Waals surface area contributed by atoms with Gasteiger partial charge in [-0.05, 0) is 18.9 Å². The maximum Gasteiger partial charge on any atom is 0.260 e. The number of hydrogen-bond donors (Lipinski definition) is 2. The van der Waals surface area contributed by atoms with Gasteiger partial charge in [0.05, 0.1) is 22.6 Å². The van der Waals surface area contributed by atoms with Gasteiger partial charge in [0.1, 0.15) is 5.56 Å². The van der Waals surface area contributed by atoms with Crippen molar-refractivity contribution in [2.45, 2.75) is 38.1 Å². The van der Waals surface area contributed by atoms with Crippen LogP contribution in [0.4, 0.5) is 0 Å². The van der Waals surface area contributed by atoms with E-state index >= 15 is 0 Å². The van der Waals surface area contributed by atoms with Crippen molar-refractivity contribution in [3.05, 3.63) is 50.9 Å². The number of hydrogen-bond acceptors (Lipinski definition) is 4. The fourth-order valence-corrected chi connectivity index (χ4v) is 4.57. The fourth-order valence-electron chi connectivity index (χ4n) is 4.41. The molecule has 0 bridgehead atoms. The summed E-state index contributed by atoms with van der Waals surface area (Å²) in [7, 11) is 0. The summed E-state index contributed by atoms with van der Waals surface area (Å²) in [6.07, 6.45) is 5.39. The molecule has 8 nitrogen and oxygen atoms in total. The molecule has 0 saturated carbocycles. The molecule has 28 heavy (non-hydrogen) atoms. The summed E-state index contributed by atoms with van der Waals surface area (Å²) in [4.78, 5) is 51.3. The molecule has 2 aromatic rings. The van der Waals surface area contributed by atoms with Gasteiger partial charge in [-0.3, -0.25) is 14.4 Å². The molecule has 1 saturated heterocycles. The summed E-state index contributed by atoms with van der Waals surface area (Å²) < 4.78 is 0. The van der Waals surface area contributed by atoms with Crippen LogP contribution < -0.4 is 5.56 Å². The van der Waals surface area contributed by atoms with E-state index in [9.17, 15) is 14.4 Å². The minimum atomic E-state index is -0.502. The summed E-state index contributed by atoms with van der Waals surface area (Å²) in [5.41, 5.74) is 1.05. The molecule has 1 fully saturated rings. The van der Waals surface area contributed by atoms with Crippen molar-refractivity contribution >= 4 is 23.4 Å². The number of amides is 2. The van der Waals surface area contributed by atoms with Gasteiger partial charge in [0.25, 0.3) is 11.5 Å². The molecule has 0 aromatic carbocycles. The van der Waals surface area contributed by atoms with Crippen LogP contribution in [-0.2, 0) is 16.8 Å². The molecule has 148 valence electrons. The smallest absolute Gasteiger partial charge is 0.260 e. The summed E-state index contributed by atoms with van der Waals surface area (Å²) in [5, 5.41) is 0.310. The van der Waals surface area contributed by atoms with Crippen LogP contribution in [0.2, 0.25) is 5.02 Å². The summed E-state index contributed by atoms with van der Waals surface area (Å²) in [6, 6.07) is 1.40. The van der Waals surface area contributed by atoms with E-state index in [2.05, 4.69) is 15.0 Å². The van der Waals surface area contributed by atoms with Crippen molar-refractivity contribution in [3.8, 4) is 0 Å². The lowest BCUT2D eigenvalue weighted by molar-refractivity contribution is -0.141. The molecule has 2 aliphatic heterocycles. The Balaban J connectivity index is 1.61. The highest BCUT2D eigenvalue weighted by atomic mass is 35.5. The van der Waals surface area contributed by atoms with Gasteiger partial charge in [0.15, 0.2) is 0 Å². The van der Waals surface area contributed by atoms with Gasteiger partial charge >= 0.3 is 0 Å². The molecule has 2 N–H and O–H groups in total. The van der Waals surface area contributed by atoms with Crippen molar-refractivity contribution in [1.82, 2.24) is 24.8 Å². The Bertz CT molecular complexity index is 974. The number of aromatic amines is 2. The molecule has 1 spiro atoms. The lowest BCUT2D eigenvalue weighted by Gasteiger charge is -2.50. The lowest BCUT2D eigenvalue weighted by atomic mass is 9.78. The van der Waals surface area contributed by atoms with Crippen molar-refractivity contribution in [2.75, 3.05) is 19.6 Å². The van der Waals surface area contributed by atoms with Crippen LogP contribution in [0.1, 0.15) is 47.9 Å². The third-order valence-corrected chi connectivity index (χ3v) is 6.06. The molecule has 0 unspecified atom stereocenters. The Kier molecular flexibility index (Phi) is 4.74. The van der Waals surface area contributed by atoms with Gasteiger partial charge in [-0.2, -0.15) is 0 Å². The van der Waals surface area contributed by atoms with Crippen LogP contribution in [-0.4, -0.2) is 56.2 Å². The van der Waals surface area contributed by atoms with Crippen LogP contribution in [0.3, 0.4) is 0 Å². The normalized spacial score (nSPS) is 18.2. The molecule has 4 heterocycles. The van der Waals surface area contributed by atoms with Crippen LogP contribution in [0.5, 0.6) is 0 Å². The molecular formula is C19H22ClN5O3. The standard InChI is InChI=1S/C19H22ClN5O3/c1-2-15(26)25-6-3-14-16(23-11-22-14)19(25)4-7-24(8-5-19)18(28)13-9-12(20)10-21-17(13)27/h9-11H,2-8H2,1H3,(H,21,27)(H,22,23). The molecule has 0 aliphatic carbocycles. The molecule has 0 radical (unpaired) electrons. The van der Waals surface area contributed by atoms with Crippen LogP contribution in [0.25, 0.3) is 0 Å². The Morgan fingerprint density at radius 3 is 2.71 bits per heavy atom. The van der Waals surface area contributed by atoms with E-state index in [1.54, 1.807) is 11.2 Å². The van der Waals surface area contributed by atoms with Crippen LogP contribution in [0.15, 0.2) is 23.4 Å². The van der Waals surface area contributed by atoms with Gasteiger partial charge in [-0.25, -0.2) is 4.98 Å². The third-order valence-electron chi connectivity index (χ3n) is 5.84. The number of pyridine rings is 1. The van der Waals surface area contributed by atoms with Crippen LogP contribution >= 0.6 is 11.6 Å². The van der Waals surface area contributed by atoms with Crippen molar-refractivity contribution in [2.24, 2.45) is 0 Å². The first-order chi connectivity index (χ1) is 13.5. The second-order valence-corrected chi connectivity index (χ2v) is 7.70. The van der Waals surface area contributed by atoms with E-state index < -0.39 is 11.1 Å². The predicted molar refractivity (Wildman–Crippen MR) is 103 cm³/mol. The molecule has 2 amide bonds. The number of aromatic nitrogens is 3. The average molecular weight is 404 g/mol. The number of likely N-dealkylation sites (tertiary alicyclic amines) is 1. The highest BCUT2D eigenvalue weighted by Crippen LogP contribution is 2.42. The Morgan fingerprint density at radius 2 is 2.00 bits per heavy atom. The number of nitrogens with zero attached hydrogens (tertiary/aromatic N) is 3. The van der Waals surface area contributed by atoms with E-state index in [0.717, 1.165) is 17.8 Å². The monoisotopic (exact) mass is 403 g/mol. The first kappa shape index (κ1) is 18.7. The number of H-pyrrole nitrogens is 2. The topological polar surface area (TPSA) is 102 Å². The number of imidazole rings is 1. The zero-order chi connectivity index (χ0) is 19.9. The maximum absolute atomic E-state index is 12.9. The Hall–Kier alpha value is -2.61. The van der Waals surface area contributed by atoms with Crippen molar-refractivity contribution in [1.29, 1.82) is 0 Å². The molecule has 0 atom stereocenters. The van der Waals surface area contributed by atoms with E-state index in [-0.39, 0.29) is 17.4 Å². The first-order valence-corrected chi connectivity index (χ1v) is 9.85. The average Bonchev–Trinajstić information content (AvgIpc) is 3.20. The Morgan fingerprint density at radius 1 is 1.25 bits per heavy atom. The number of carbonyl (C=O) groups is 2. The van der Waals surface area contributed by atoms with E-state index in [4.69, 9.17) is 11.6 Å². The fraction of sp³-hybridized carbons (Fsp3) is 0.474. The zero-order valence-corrected chi connectivity index (χ0v) is 16.4. The van der Waals surface area contributed by atoms with Gasteiger partial charge in [-0.1, -0.05) is 18.5 Å². The summed E-state index contributed by atoms with van der Waals surface area (Å²) >= 11 is 5.93.